The Hall–Kier alpha value is -2.58. The van der Waals surface area contributed by atoms with Gasteiger partial charge in [0.25, 0.3) is 5.91 Å². The fourth-order valence-corrected chi connectivity index (χ4v) is 4.68. The van der Waals surface area contributed by atoms with Crippen molar-refractivity contribution in [2.75, 3.05) is 31.1 Å². The van der Waals surface area contributed by atoms with E-state index in [-0.39, 0.29) is 30.6 Å². The second-order valence-electron chi connectivity index (χ2n) is 7.49. The highest BCUT2D eigenvalue weighted by Crippen LogP contribution is 2.23. The van der Waals surface area contributed by atoms with Crippen LogP contribution in [0.5, 0.6) is 0 Å². The number of amides is 3. The number of nitrogens with zero attached hydrogens (tertiary/aromatic N) is 4. The van der Waals surface area contributed by atoms with E-state index in [4.69, 9.17) is 0 Å². The molecule has 8 heteroatoms. The van der Waals surface area contributed by atoms with E-state index in [9.17, 15) is 14.4 Å². The van der Waals surface area contributed by atoms with Gasteiger partial charge in [0, 0.05) is 49.5 Å². The summed E-state index contributed by atoms with van der Waals surface area (Å²) in [7, 11) is 0. The van der Waals surface area contributed by atoms with Gasteiger partial charge in [-0.25, -0.2) is 4.98 Å². The van der Waals surface area contributed by atoms with E-state index < -0.39 is 0 Å². The Labute approximate surface area is 173 Å². The first-order valence-electron chi connectivity index (χ1n) is 9.83. The molecule has 2 fully saturated rings. The maximum Gasteiger partial charge on any atom is 0.253 e. The van der Waals surface area contributed by atoms with E-state index in [1.54, 1.807) is 35.6 Å². The van der Waals surface area contributed by atoms with Crippen LogP contribution >= 0.6 is 11.3 Å². The number of benzene rings is 1. The summed E-state index contributed by atoms with van der Waals surface area (Å²) in [5.74, 6) is -0.386. The quantitative estimate of drug-likeness (QED) is 0.721. The Morgan fingerprint density at radius 3 is 2.17 bits per heavy atom. The number of piperazine rings is 1. The molecule has 2 aromatic rings. The van der Waals surface area contributed by atoms with Crippen LogP contribution in [0.1, 0.15) is 38.8 Å². The molecule has 0 radical (unpaired) electrons. The average molecular weight is 413 g/mol. The predicted molar refractivity (Wildman–Crippen MR) is 111 cm³/mol. The maximum atomic E-state index is 12.8. The maximum absolute atomic E-state index is 12.8. The number of aromatic nitrogens is 1. The summed E-state index contributed by atoms with van der Waals surface area (Å²) < 4.78 is 0. The highest BCUT2D eigenvalue weighted by molar-refractivity contribution is 7.11. The van der Waals surface area contributed by atoms with Crippen molar-refractivity contribution in [2.45, 2.75) is 33.2 Å². The van der Waals surface area contributed by atoms with Crippen molar-refractivity contribution >= 4 is 34.7 Å². The van der Waals surface area contributed by atoms with Crippen LogP contribution in [0.4, 0.5) is 5.69 Å². The van der Waals surface area contributed by atoms with Gasteiger partial charge in [0.2, 0.25) is 11.8 Å². The fourth-order valence-electron chi connectivity index (χ4n) is 3.71. The molecule has 152 valence electrons. The van der Waals surface area contributed by atoms with Crippen molar-refractivity contribution in [3.05, 3.63) is 45.4 Å². The zero-order valence-corrected chi connectivity index (χ0v) is 17.5. The first-order valence-corrected chi connectivity index (χ1v) is 10.6. The van der Waals surface area contributed by atoms with Gasteiger partial charge in [0.15, 0.2) is 0 Å². The van der Waals surface area contributed by atoms with Gasteiger partial charge in [-0.05, 0) is 38.1 Å². The molecule has 1 aromatic carbocycles. The van der Waals surface area contributed by atoms with E-state index in [1.807, 2.05) is 11.8 Å². The molecule has 0 unspecified atom stereocenters. The molecule has 7 nitrogen and oxygen atoms in total. The van der Waals surface area contributed by atoms with E-state index in [0.29, 0.717) is 24.3 Å². The fraction of sp³-hybridized carbons (Fsp3) is 0.429. The second kappa shape index (κ2) is 8.04. The molecule has 0 aliphatic carbocycles. The third kappa shape index (κ3) is 4.09. The minimum Gasteiger partial charge on any atom is -0.336 e. The predicted octanol–water partition coefficient (Wildman–Crippen LogP) is 2.37. The molecule has 0 atom stereocenters. The molecule has 4 rings (SSSR count). The molecular weight excluding hydrogens is 388 g/mol. The number of hydrogen-bond donors (Lipinski definition) is 0. The highest BCUT2D eigenvalue weighted by atomic mass is 32.1. The molecule has 29 heavy (non-hydrogen) atoms. The lowest BCUT2D eigenvalue weighted by Crippen LogP contribution is -2.48. The number of thiazole rings is 1. The van der Waals surface area contributed by atoms with Gasteiger partial charge >= 0.3 is 0 Å². The van der Waals surface area contributed by atoms with Gasteiger partial charge in [-0.3, -0.25) is 24.2 Å². The molecule has 3 amide bonds. The molecular formula is C21H24N4O3S. The number of carbonyl (C=O) groups excluding carboxylic acids is 3. The molecule has 0 spiro atoms. The lowest BCUT2D eigenvalue weighted by atomic mass is 10.1. The third-order valence-electron chi connectivity index (χ3n) is 5.52. The Kier molecular flexibility index (Phi) is 5.47. The SMILES string of the molecule is Cc1nc(CN2CCN(C(=O)c3ccc(N4C(=O)CCC4=O)cc3)CC2)sc1C. The molecule has 2 aliphatic heterocycles. The Morgan fingerprint density at radius 1 is 1.00 bits per heavy atom. The summed E-state index contributed by atoms with van der Waals surface area (Å²) in [6.07, 6.45) is 0.508. The summed E-state index contributed by atoms with van der Waals surface area (Å²) in [6, 6.07) is 6.75. The number of rotatable bonds is 4. The minimum absolute atomic E-state index is 0.0174. The molecule has 2 aliphatic rings. The number of carbonyl (C=O) groups is 3. The number of imide groups is 1. The lowest BCUT2D eigenvalue weighted by Gasteiger charge is -2.34. The molecule has 0 N–H and O–H groups in total. The first-order chi connectivity index (χ1) is 13.9. The Balaban J connectivity index is 1.34. The monoisotopic (exact) mass is 412 g/mol. The summed E-state index contributed by atoms with van der Waals surface area (Å²) in [4.78, 5) is 47.8. The van der Waals surface area contributed by atoms with Crippen LogP contribution in [0, 0.1) is 13.8 Å². The van der Waals surface area contributed by atoms with Crippen LogP contribution in [0.25, 0.3) is 0 Å². The molecule has 0 saturated carbocycles. The minimum atomic E-state index is -0.184. The summed E-state index contributed by atoms with van der Waals surface area (Å²) in [5, 5.41) is 1.13. The summed E-state index contributed by atoms with van der Waals surface area (Å²) in [6.45, 7) is 7.94. The van der Waals surface area contributed by atoms with Crippen LogP contribution in [0.15, 0.2) is 24.3 Å². The number of anilines is 1. The van der Waals surface area contributed by atoms with Gasteiger partial charge in [0.1, 0.15) is 5.01 Å². The highest BCUT2D eigenvalue weighted by Gasteiger charge is 2.30. The molecule has 1 aromatic heterocycles. The summed E-state index contributed by atoms with van der Waals surface area (Å²) in [5.41, 5.74) is 2.21. The smallest absolute Gasteiger partial charge is 0.253 e. The lowest BCUT2D eigenvalue weighted by molar-refractivity contribution is -0.121. The van der Waals surface area contributed by atoms with Crippen molar-refractivity contribution in [2.24, 2.45) is 0 Å². The second-order valence-corrected chi connectivity index (χ2v) is 8.78. The zero-order chi connectivity index (χ0) is 20.5. The van der Waals surface area contributed by atoms with E-state index in [1.165, 1.54) is 9.78 Å². The Bertz CT molecular complexity index is 910. The zero-order valence-electron chi connectivity index (χ0n) is 16.7. The first kappa shape index (κ1) is 19.7. The van der Waals surface area contributed by atoms with E-state index >= 15 is 0 Å². The van der Waals surface area contributed by atoms with Crippen LogP contribution in [-0.4, -0.2) is 58.7 Å². The van der Waals surface area contributed by atoms with Crippen molar-refractivity contribution in [3.63, 3.8) is 0 Å². The van der Waals surface area contributed by atoms with Crippen LogP contribution in [-0.2, 0) is 16.1 Å². The van der Waals surface area contributed by atoms with Crippen LogP contribution < -0.4 is 4.90 Å². The van der Waals surface area contributed by atoms with E-state index in [2.05, 4.69) is 16.8 Å². The Morgan fingerprint density at radius 2 is 1.62 bits per heavy atom. The third-order valence-corrected chi connectivity index (χ3v) is 6.57. The standard InChI is InChI=1S/C21H24N4O3S/c1-14-15(2)29-18(22-14)13-23-9-11-24(12-10-23)21(28)16-3-5-17(6-4-16)25-19(26)7-8-20(25)27/h3-6H,7-13H2,1-2H3. The van der Waals surface area contributed by atoms with E-state index in [0.717, 1.165) is 30.3 Å². The van der Waals surface area contributed by atoms with Crippen LogP contribution in [0.2, 0.25) is 0 Å². The molecule has 3 heterocycles. The van der Waals surface area contributed by atoms with Gasteiger partial charge in [-0.2, -0.15) is 0 Å². The van der Waals surface area contributed by atoms with Gasteiger partial charge < -0.3 is 4.90 Å². The molecule has 2 saturated heterocycles. The largest absolute Gasteiger partial charge is 0.336 e. The average Bonchev–Trinajstić information content (AvgIpc) is 3.22. The van der Waals surface area contributed by atoms with Crippen molar-refractivity contribution in [1.82, 2.24) is 14.8 Å². The van der Waals surface area contributed by atoms with Gasteiger partial charge in [-0.15, -0.1) is 11.3 Å². The normalized spacial score (nSPS) is 18.0. The van der Waals surface area contributed by atoms with Crippen molar-refractivity contribution in [1.29, 1.82) is 0 Å². The van der Waals surface area contributed by atoms with Crippen LogP contribution in [0.3, 0.4) is 0 Å². The summed E-state index contributed by atoms with van der Waals surface area (Å²) >= 11 is 1.74. The number of hydrogen-bond acceptors (Lipinski definition) is 6. The van der Waals surface area contributed by atoms with Crippen molar-refractivity contribution < 1.29 is 14.4 Å². The number of aryl methyl sites for hydroxylation is 2. The van der Waals surface area contributed by atoms with Gasteiger partial charge in [0.05, 0.1) is 17.9 Å². The topological polar surface area (TPSA) is 73.8 Å². The van der Waals surface area contributed by atoms with Crippen molar-refractivity contribution in [3.8, 4) is 0 Å². The van der Waals surface area contributed by atoms with Gasteiger partial charge in [-0.1, -0.05) is 0 Å². The molecule has 0 bridgehead atoms.